The van der Waals surface area contributed by atoms with Crippen LogP contribution in [0.1, 0.15) is 29.6 Å². The second-order valence-electron chi connectivity index (χ2n) is 6.04. The molecule has 128 valence electrons. The largest absolute Gasteiger partial charge is 0.493 e. The number of amides is 1. The van der Waals surface area contributed by atoms with Crippen molar-refractivity contribution in [3.63, 3.8) is 0 Å². The van der Waals surface area contributed by atoms with Crippen molar-refractivity contribution in [2.24, 2.45) is 5.92 Å². The highest BCUT2D eigenvalue weighted by molar-refractivity contribution is 5.94. The first-order valence-corrected chi connectivity index (χ1v) is 8.40. The molecule has 1 aromatic carbocycles. The van der Waals surface area contributed by atoms with Crippen LogP contribution in [0.4, 0.5) is 0 Å². The highest BCUT2D eigenvalue weighted by Gasteiger charge is 2.24. The summed E-state index contributed by atoms with van der Waals surface area (Å²) in [5, 5.41) is 3.21. The number of benzene rings is 1. The number of nitrogens with zero attached hydrogens (tertiary/aromatic N) is 1. The van der Waals surface area contributed by atoms with E-state index in [1.165, 1.54) is 6.42 Å². The smallest absolute Gasteiger partial charge is 0.253 e. The van der Waals surface area contributed by atoms with Gasteiger partial charge in [0.25, 0.3) is 5.91 Å². The molecule has 0 aliphatic carbocycles. The summed E-state index contributed by atoms with van der Waals surface area (Å²) < 4.78 is 10.7. The molecule has 0 aromatic heterocycles. The lowest BCUT2D eigenvalue weighted by Gasteiger charge is -2.32. The fourth-order valence-corrected chi connectivity index (χ4v) is 3.00. The molecule has 1 fully saturated rings. The van der Waals surface area contributed by atoms with Crippen LogP contribution >= 0.6 is 0 Å². The second kappa shape index (κ2) is 9.53. The molecule has 5 heteroatoms. The molecule has 1 unspecified atom stereocenters. The lowest BCUT2D eigenvalue weighted by Crippen LogP contribution is -2.42. The standard InChI is InChI=1S/C18H28N2O3/c1-19-13-15-6-4-9-20(14-15)18(21)16-7-3-8-17(12-16)23-11-5-10-22-2/h3,7-8,12,15,19H,4-6,9-11,13-14H2,1-2H3. The van der Waals surface area contributed by atoms with Gasteiger partial charge >= 0.3 is 0 Å². The summed E-state index contributed by atoms with van der Waals surface area (Å²) >= 11 is 0. The SMILES string of the molecule is CNCC1CCCN(C(=O)c2cccc(OCCCOC)c2)C1. The number of piperidine rings is 1. The van der Waals surface area contributed by atoms with Crippen molar-refractivity contribution in [1.82, 2.24) is 10.2 Å². The first-order valence-electron chi connectivity index (χ1n) is 8.40. The molecule has 0 spiro atoms. The Morgan fingerprint density at radius 1 is 1.39 bits per heavy atom. The third-order valence-electron chi connectivity index (χ3n) is 4.14. The fourth-order valence-electron chi connectivity index (χ4n) is 3.00. The highest BCUT2D eigenvalue weighted by atomic mass is 16.5. The van der Waals surface area contributed by atoms with Crippen LogP contribution in [0.5, 0.6) is 5.75 Å². The number of nitrogens with one attached hydrogen (secondary N) is 1. The highest BCUT2D eigenvalue weighted by Crippen LogP contribution is 2.20. The molecule has 1 aliphatic heterocycles. The van der Waals surface area contributed by atoms with E-state index in [2.05, 4.69) is 5.32 Å². The summed E-state index contributed by atoms with van der Waals surface area (Å²) in [4.78, 5) is 14.7. The maximum atomic E-state index is 12.7. The Kier molecular flexibility index (Phi) is 7.36. The van der Waals surface area contributed by atoms with E-state index in [1.807, 2.05) is 36.2 Å². The van der Waals surface area contributed by atoms with Crippen LogP contribution in [-0.2, 0) is 4.74 Å². The van der Waals surface area contributed by atoms with Gasteiger partial charge in [0.2, 0.25) is 0 Å². The molecule has 1 saturated heterocycles. The summed E-state index contributed by atoms with van der Waals surface area (Å²) in [5.41, 5.74) is 0.708. The van der Waals surface area contributed by atoms with Gasteiger partial charge in [-0.25, -0.2) is 0 Å². The molecule has 1 atom stereocenters. The predicted octanol–water partition coefficient (Wildman–Crippen LogP) is 2.17. The van der Waals surface area contributed by atoms with Crippen LogP contribution in [0, 0.1) is 5.92 Å². The fraction of sp³-hybridized carbons (Fsp3) is 0.611. The summed E-state index contributed by atoms with van der Waals surface area (Å²) in [6.45, 7) is 3.92. The van der Waals surface area contributed by atoms with Gasteiger partial charge in [-0.15, -0.1) is 0 Å². The van der Waals surface area contributed by atoms with E-state index >= 15 is 0 Å². The van der Waals surface area contributed by atoms with Crippen molar-refractivity contribution in [2.75, 3.05) is 47.0 Å². The molecule has 0 bridgehead atoms. The molecule has 5 nitrogen and oxygen atoms in total. The predicted molar refractivity (Wildman–Crippen MR) is 91.0 cm³/mol. The maximum absolute atomic E-state index is 12.7. The molecule has 1 amide bonds. The number of likely N-dealkylation sites (tertiary alicyclic amines) is 1. The number of hydrogen-bond acceptors (Lipinski definition) is 4. The van der Waals surface area contributed by atoms with E-state index in [0.29, 0.717) is 24.7 Å². The Morgan fingerprint density at radius 2 is 2.26 bits per heavy atom. The molecule has 1 aliphatic rings. The van der Waals surface area contributed by atoms with Gasteiger partial charge in [-0.05, 0) is 50.6 Å². The quantitative estimate of drug-likeness (QED) is 0.746. The summed E-state index contributed by atoms with van der Waals surface area (Å²) in [6.07, 6.45) is 3.10. The van der Waals surface area contributed by atoms with Crippen LogP contribution in [0.3, 0.4) is 0 Å². The van der Waals surface area contributed by atoms with Gasteiger partial charge in [0, 0.05) is 38.8 Å². The van der Waals surface area contributed by atoms with Gasteiger partial charge in [0.05, 0.1) is 6.61 Å². The van der Waals surface area contributed by atoms with E-state index < -0.39 is 0 Å². The van der Waals surface area contributed by atoms with Crippen molar-refractivity contribution < 1.29 is 14.3 Å². The summed E-state index contributed by atoms with van der Waals surface area (Å²) in [5.74, 6) is 1.40. The van der Waals surface area contributed by atoms with E-state index in [1.54, 1.807) is 7.11 Å². The number of ether oxygens (including phenoxy) is 2. The summed E-state index contributed by atoms with van der Waals surface area (Å²) in [6, 6.07) is 7.49. The normalized spacial score (nSPS) is 18.0. The third kappa shape index (κ3) is 5.52. The minimum absolute atomic E-state index is 0.105. The van der Waals surface area contributed by atoms with Gasteiger partial charge in [-0.1, -0.05) is 6.07 Å². The van der Waals surface area contributed by atoms with Gasteiger partial charge in [0.15, 0.2) is 0 Å². The first-order chi connectivity index (χ1) is 11.2. The Labute approximate surface area is 139 Å². The van der Waals surface area contributed by atoms with E-state index in [0.717, 1.165) is 38.2 Å². The van der Waals surface area contributed by atoms with Crippen LogP contribution in [-0.4, -0.2) is 57.8 Å². The molecule has 0 saturated carbocycles. The zero-order valence-electron chi connectivity index (χ0n) is 14.2. The van der Waals surface area contributed by atoms with Crippen molar-refractivity contribution in [3.8, 4) is 5.75 Å². The molecule has 2 rings (SSSR count). The van der Waals surface area contributed by atoms with Crippen molar-refractivity contribution in [3.05, 3.63) is 29.8 Å². The van der Waals surface area contributed by atoms with E-state index in [9.17, 15) is 4.79 Å². The molecule has 1 aromatic rings. The Balaban J connectivity index is 1.93. The number of methoxy groups -OCH3 is 1. The van der Waals surface area contributed by atoms with Crippen molar-refractivity contribution in [1.29, 1.82) is 0 Å². The molecule has 1 N–H and O–H groups in total. The Bertz CT molecular complexity index is 491. The number of carbonyl (C=O) groups excluding carboxylic acids is 1. The Hall–Kier alpha value is -1.59. The van der Waals surface area contributed by atoms with Gasteiger partial charge in [-0.3, -0.25) is 4.79 Å². The van der Waals surface area contributed by atoms with Crippen molar-refractivity contribution in [2.45, 2.75) is 19.3 Å². The third-order valence-corrected chi connectivity index (χ3v) is 4.14. The Morgan fingerprint density at radius 3 is 3.04 bits per heavy atom. The first kappa shape index (κ1) is 17.8. The van der Waals surface area contributed by atoms with E-state index in [4.69, 9.17) is 9.47 Å². The average Bonchev–Trinajstić information content (AvgIpc) is 2.59. The molecule has 1 heterocycles. The zero-order valence-corrected chi connectivity index (χ0v) is 14.2. The topological polar surface area (TPSA) is 50.8 Å². The van der Waals surface area contributed by atoms with E-state index in [-0.39, 0.29) is 5.91 Å². The van der Waals surface area contributed by atoms with Crippen LogP contribution < -0.4 is 10.1 Å². The minimum Gasteiger partial charge on any atom is -0.493 e. The van der Waals surface area contributed by atoms with Gasteiger partial charge in [0.1, 0.15) is 5.75 Å². The van der Waals surface area contributed by atoms with Crippen LogP contribution in [0.25, 0.3) is 0 Å². The molecule has 0 radical (unpaired) electrons. The monoisotopic (exact) mass is 320 g/mol. The average molecular weight is 320 g/mol. The molecular weight excluding hydrogens is 292 g/mol. The number of rotatable bonds is 8. The number of hydrogen-bond donors (Lipinski definition) is 1. The van der Waals surface area contributed by atoms with Crippen LogP contribution in [0.15, 0.2) is 24.3 Å². The summed E-state index contributed by atoms with van der Waals surface area (Å²) in [7, 11) is 3.64. The second-order valence-corrected chi connectivity index (χ2v) is 6.04. The minimum atomic E-state index is 0.105. The molecular formula is C18H28N2O3. The van der Waals surface area contributed by atoms with Crippen molar-refractivity contribution >= 4 is 5.91 Å². The zero-order chi connectivity index (χ0) is 16.5. The van der Waals surface area contributed by atoms with Gasteiger partial charge < -0.3 is 19.7 Å². The lowest BCUT2D eigenvalue weighted by atomic mass is 9.97. The lowest BCUT2D eigenvalue weighted by molar-refractivity contribution is 0.0673. The molecule has 23 heavy (non-hydrogen) atoms. The van der Waals surface area contributed by atoms with Gasteiger partial charge in [-0.2, -0.15) is 0 Å². The number of carbonyl (C=O) groups is 1. The van der Waals surface area contributed by atoms with Crippen LogP contribution in [0.2, 0.25) is 0 Å². The maximum Gasteiger partial charge on any atom is 0.253 e.